The Hall–Kier alpha value is -2.14. The second kappa shape index (κ2) is 7.04. The lowest BCUT2D eigenvalue weighted by atomic mass is 10.1. The van der Waals surface area contributed by atoms with E-state index in [9.17, 15) is 8.78 Å². The molecule has 2 aromatic carbocycles. The molecule has 5 heteroatoms. The van der Waals surface area contributed by atoms with Crippen molar-refractivity contribution in [2.24, 2.45) is 0 Å². The van der Waals surface area contributed by atoms with E-state index >= 15 is 0 Å². The molecule has 2 rings (SSSR count). The van der Waals surface area contributed by atoms with Crippen LogP contribution in [-0.2, 0) is 13.1 Å². The summed E-state index contributed by atoms with van der Waals surface area (Å²) in [7, 11) is 0. The standard InChI is InChI=1S/C16H17F2NO2/c1-2-21-13-5-3-4-11(6-13)9-19-10-12-7-14(17)16(20)15(18)8-12/h3-8,19-20H,2,9-10H2,1H3. The van der Waals surface area contributed by atoms with Crippen LogP contribution in [0.1, 0.15) is 18.1 Å². The van der Waals surface area contributed by atoms with Crippen molar-refractivity contribution in [1.29, 1.82) is 0 Å². The van der Waals surface area contributed by atoms with Crippen molar-refractivity contribution < 1.29 is 18.6 Å². The summed E-state index contributed by atoms with van der Waals surface area (Å²) in [6.45, 7) is 3.36. The predicted molar refractivity (Wildman–Crippen MR) is 76.2 cm³/mol. The number of hydrogen-bond acceptors (Lipinski definition) is 3. The Balaban J connectivity index is 1.94. The van der Waals surface area contributed by atoms with Crippen LogP contribution in [-0.4, -0.2) is 11.7 Å². The molecule has 0 fully saturated rings. The molecule has 0 saturated carbocycles. The van der Waals surface area contributed by atoms with Crippen LogP contribution in [0.15, 0.2) is 36.4 Å². The summed E-state index contributed by atoms with van der Waals surface area (Å²) in [5.41, 5.74) is 1.45. The molecule has 0 radical (unpaired) electrons. The van der Waals surface area contributed by atoms with Crippen molar-refractivity contribution in [3.05, 3.63) is 59.2 Å². The average molecular weight is 293 g/mol. The van der Waals surface area contributed by atoms with Crippen molar-refractivity contribution in [1.82, 2.24) is 5.32 Å². The molecule has 0 saturated heterocycles. The van der Waals surface area contributed by atoms with Crippen molar-refractivity contribution in [2.45, 2.75) is 20.0 Å². The zero-order chi connectivity index (χ0) is 15.2. The van der Waals surface area contributed by atoms with Gasteiger partial charge in [0.15, 0.2) is 17.4 Å². The number of rotatable bonds is 6. The molecule has 2 aromatic rings. The SMILES string of the molecule is CCOc1cccc(CNCc2cc(F)c(O)c(F)c2)c1. The van der Waals surface area contributed by atoms with Gasteiger partial charge in [-0.25, -0.2) is 8.78 Å². The van der Waals surface area contributed by atoms with Gasteiger partial charge in [-0.15, -0.1) is 0 Å². The molecule has 0 aromatic heterocycles. The van der Waals surface area contributed by atoms with Gasteiger partial charge in [0.25, 0.3) is 0 Å². The highest BCUT2D eigenvalue weighted by atomic mass is 19.1. The minimum atomic E-state index is -0.954. The average Bonchev–Trinajstić information content (AvgIpc) is 2.45. The van der Waals surface area contributed by atoms with E-state index in [1.807, 2.05) is 31.2 Å². The number of phenols is 1. The molecule has 0 atom stereocenters. The van der Waals surface area contributed by atoms with Gasteiger partial charge < -0.3 is 15.2 Å². The normalized spacial score (nSPS) is 10.6. The topological polar surface area (TPSA) is 41.5 Å². The van der Waals surface area contributed by atoms with Gasteiger partial charge in [-0.1, -0.05) is 12.1 Å². The summed E-state index contributed by atoms with van der Waals surface area (Å²) in [6.07, 6.45) is 0. The predicted octanol–water partition coefficient (Wildman–Crippen LogP) is 3.36. The second-order valence-corrected chi connectivity index (χ2v) is 4.59. The Morgan fingerprint density at radius 2 is 1.71 bits per heavy atom. The largest absolute Gasteiger partial charge is 0.503 e. The van der Waals surface area contributed by atoms with Crippen LogP contribution in [0, 0.1) is 11.6 Å². The van der Waals surface area contributed by atoms with E-state index in [1.165, 1.54) is 0 Å². The lowest BCUT2D eigenvalue weighted by Gasteiger charge is -2.08. The third-order valence-corrected chi connectivity index (χ3v) is 2.94. The summed E-state index contributed by atoms with van der Waals surface area (Å²) in [5, 5.41) is 12.1. The number of hydrogen-bond donors (Lipinski definition) is 2. The van der Waals surface area contributed by atoms with Crippen LogP contribution < -0.4 is 10.1 Å². The zero-order valence-electron chi connectivity index (χ0n) is 11.7. The molecule has 0 aliphatic heterocycles. The molecule has 0 aliphatic carbocycles. The van der Waals surface area contributed by atoms with Crippen LogP contribution in [0.2, 0.25) is 0 Å². The Labute approximate surface area is 122 Å². The molecule has 0 heterocycles. The fraction of sp³-hybridized carbons (Fsp3) is 0.250. The molecule has 0 unspecified atom stereocenters. The number of benzene rings is 2. The number of ether oxygens (including phenoxy) is 1. The first kappa shape index (κ1) is 15.3. The highest BCUT2D eigenvalue weighted by Gasteiger charge is 2.09. The summed E-state index contributed by atoms with van der Waals surface area (Å²) in [4.78, 5) is 0. The molecule has 2 N–H and O–H groups in total. The van der Waals surface area contributed by atoms with Gasteiger partial charge in [-0.2, -0.15) is 0 Å². The highest BCUT2D eigenvalue weighted by molar-refractivity contribution is 5.30. The number of halogens is 2. The molecular formula is C16H17F2NO2. The van der Waals surface area contributed by atoms with Gasteiger partial charge in [0, 0.05) is 13.1 Å². The smallest absolute Gasteiger partial charge is 0.187 e. The molecule has 21 heavy (non-hydrogen) atoms. The monoisotopic (exact) mass is 293 g/mol. The van der Waals surface area contributed by atoms with E-state index in [1.54, 1.807) is 0 Å². The Kier molecular flexibility index (Phi) is 5.11. The van der Waals surface area contributed by atoms with E-state index in [0.29, 0.717) is 25.3 Å². The lowest BCUT2D eigenvalue weighted by molar-refractivity contribution is 0.340. The first-order valence-corrected chi connectivity index (χ1v) is 6.69. The van der Waals surface area contributed by atoms with Gasteiger partial charge in [0.2, 0.25) is 0 Å². The first-order chi connectivity index (χ1) is 10.1. The van der Waals surface area contributed by atoms with Crippen molar-refractivity contribution >= 4 is 0 Å². The molecule has 3 nitrogen and oxygen atoms in total. The van der Waals surface area contributed by atoms with E-state index in [4.69, 9.17) is 9.84 Å². The van der Waals surface area contributed by atoms with Crippen molar-refractivity contribution in [3.63, 3.8) is 0 Å². The maximum atomic E-state index is 13.2. The maximum absolute atomic E-state index is 13.2. The van der Waals surface area contributed by atoms with Crippen molar-refractivity contribution in [3.8, 4) is 11.5 Å². The van der Waals surface area contributed by atoms with Crippen molar-refractivity contribution in [2.75, 3.05) is 6.61 Å². The quantitative estimate of drug-likeness (QED) is 0.858. The maximum Gasteiger partial charge on any atom is 0.187 e. The van der Waals surface area contributed by atoms with Crippen LogP contribution in [0.25, 0.3) is 0 Å². The van der Waals surface area contributed by atoms with Gasteiger partial charge in [-0.3, -0.25) is 0 Å². The minimum Gasteiger partial charge on any atom is -0.503 e. The molecule has 0 spiro atoms. The van der Waals surface area contributed by atoms with Crippen LogP contribution in [0.4, 0.5) is 8.78 Å². The Morgan fingerprint density at radius 3 is 2.38 bits per heavy atom. The number of phenolic OH excluding ortho intramolecular Hbond substituents is 1. The van der Waals surface area contributed by atoms with Gasteiger partial charge >= 0.3 is 0 Å². The van der Waals surface area contributed by atoms with E-state index < -0.39 is 17.4 Å². The number of aromatic hydroxyl groups is 1. The van der Waals surface area contributed by atoms with Crippen LogP contribution in [0.5, 0.6) is 11.5 Å². The lowest BCUT2D eigenvalue weighted by Crippen LogP contribution is -2.13. The fourth-order valence-electron chi connectivity index (χ4n) is 1.98. The molecule has 0 aliphatic rings. The second-order valence-electron chi connectivity index (χ2n) is 4.59. The third-order valence-electron chi connectivity index (χ3n) is 2.94. The van der Waals surface area contributed by atoms with Gasteiger partial charge in [-0.05, 0) is 42.3 Å². The Bertz CT molecular complexity index is 594. The number of nitrogens with one attached hydrogen (secondary N) is 1. The van der Waals surface area contributed by atoms with Gasteiger partial charge in [0.05, 0.1) is 6.61 Å². The van der Waals surface area contributed by atoms with E-state index in [0.717, 1.165) is 23.4 Å². The van der Waals surface area contributed by atoms with Crippen LogP contribution in [0.3, 0.4) is 0 Å². The molecule has 0 amide bonds. The molecular weight excluding hydrogens is 276 g/mol. The summed E-state index contributed by atoms with van der Waals surface area (Å²) in [6, 6.07) is 9.84. The zero-order valence-corrected chi connectivity index (χ0v) is 11.7. The van der Waals surface area contributed by atoms with E-state index in [2.05, 4.69) is 5.32 Å². The minimum absolute atomic E-state index is 0.299. The van der Waals surface area contributed by atoms with Crippen LogP contribution >= 0.6 is 0 Å². The van der Waals surface area contributed by atoms with E-state index in [-0.39, 0.29) is 0 Å². The Morgan fingerprint density at radius 1 is 1.05 bits per heavy atom. The third kappa shape index (κ3) is 4.16. The summed E-state index contributed by atoms with van der Waals surface area (Å²) in [5.74, 6) is -2.06. The first-order valence-electron chi connectivity index (χ1n) is 6.69. The highest BCUT2D eigenvalue weighted by Crippen LogP contribution is 2.21. The summed E-state index contributed by atoms with van der Waals surface area (Å²) < 4.78 is 31.8. The fourth-order valence-corrected chi connectivity index (χ4v) is 1.98. The molecule has 112 valence electrons. The summed E-state index contributed by atoms with van der Waals surface area (Å²) >= 11 is 0. The molecule has 0 bridgehead atoms. The van der Waals surface area contributed by atoms with Gasteiger partial charge in [0.1, 0.15) is 5.75 Å².